The van der Waals surface area contributed by atoms with Crippen LogP contribution in [0.15, 0.2) is 97.1 Å². The second-order valence-electron chi connectivity index (χ2n) is 9.76. The van der Waals surface area contributed by atoms with Crippen LogP contribution in [0, 0.1) is 13.8 Å². The fourth-order valence-corrected chi connectivity index (χ4v) is 4.16. The molecule has 4 aromatic rings. The van der Waals surface area contributed by atoms with Gasteiger partial charge >= 0.3 is 0 Å². The predicted molar refractivity (Wildman–Crippen MR) is 153 cm³/mol. The Morgan fingerprint density at radius 3 is 1.55 bits per heavy atom. The molecule has 1 atom stereocenters. The van der Waals surface area contributed by atoms with E-state index < -0.39 is 6.04 Å². The Hall–Kier alpha value is -3.93. The van der Waals surface area contributed by atoms with Gasteiger partial charge in [0.25, 0.3) is 0 Å². The van der Waals surface area contributed by atoms with E-state index in [9.17, 15) is 4.79 Å². The molecule has 0 aromatic heterocycles. The van der Waals surface area contributed by atoms with E-state index in [4.69, 9.17) is 15.2 Å². The van der Waals surface area contributed by atoms with Crippen LogP contribution in [0.3, 0.4) is 0 Å². The molecule has 0 radical (unpaired) electrons. The quantitative estimate of drug-likeness (QED) is 0.219. The average molecular weight is 509 g/mol. The third kappa shape index (κ3) is 7.78. The van der Waals surface area contributed by atoms with Crippen LogP contribution in [0.5, 0.6) is 23.0 Å². The van der Waals surface area contributed by atoms with Crippen molar-refractivity contribution in [2.24, 2.45) is 5.73 Å². The molecule has 0 aliphatic carbocycles. The van der Waals surface area contributed by atoms with Crippen molar-refractivity contribution >= 4 is 5.78 Å². The molecule has 0 amide bonds. The Morgan fingerprint density at radius 2 is 1.13 bits per heavy atom. The van der Waals surface area contributed by atoms with Crippen molar-refractivity contribution in [2.45, 2.75) is 46.3 Å². The van der Waals surface area contributed by atoms with Gasteiger partial charge in [-0.3, -0.25) is 9.69 Å². The Morgan fingerprint density at radius 1 is 0.711 bits per heavy atom. The van der Waals surface area contributed by atoms with E-state index in [2.05, 4.69) is 30.9 Å². The van der Waals surface area contributed by atoms with Gasteiger partial charge in [0.2, 0.25) is 0 Å². The minimum absolute atomic E-state index is 0.00356. The lowest BCUT2D eigenvalue weighted by Gasteiger charge is -2.25. The Kier molecular flexibility index (Phi) is 9.30. The molecule has 4 rings (SSSR count). The predicted octanol–water partition coefficient (Wildman–Crippen LogP) is 7.20. The third-order valence-corrected chi connectivity index (χ3v) is 6.51. The van der Waals surface area contributed by atoms with Crippen molar-refractivity contribution in [1.29, 1.82) is 0 Å². The molecule has 38 heavy (non-hydrogen) atoms. The Labute approximate surface area is 225 Å². The van der Waals surface area contributed by atoms with Crippen LogP contribution in [-0.4, -0.2) is 23.3 Å². The summed E-state index contributed by atoms with van der Waals surface area (Å²) in [6, 6.07) is 31.7. The van der Waals surface area contributed by atoms with Crippen molar-refractivity contribution in [3.63, 3.8) is 0 Å². The molecule has 0 aliphatic rings. The fourth-order valence-electron chi connectivity index (χ4n) is 4.16. The molecule has 196 valence electrons. The van der Waals surface area contributed by atoms with Gasteiger partial charge in [-0.15, -0.1) is 0 Å². The third-order valence-electron chi connectivity index (χ3n) is 6.51. The second-order valence-corrected chi connectivity index (χ2v) is 9.76. The highest BCUT2D eigenvalue weighted by molar-refractivity contribution is 5.81. The molecule has 0 saturated carbocycles. The van der Waals surface area contributed by atoms with Crippen LogP contribution in [0.1, 0.15) is 35.6 Å². The molecule has 5 nitrogen and oxygen atoms in total. The number of hydrogen-bond donors (Lipinski definition) is 1. The minimum Gasteiger partial charge on any atom is -0.457 e. The summed E-state index contributed by atoms with van der Waals surface area (Å²) in [6.07, 6.45) is 0.567. The van der Waals surface area contributed by atoms with E-state index >= 15 is 0 Å². The number of Topliss-reactive ketones (excluding diaryl/α,β-unsaturated/α-hetero) is 1. The van der Waals surface area contributed by atoms with Gasteiger partial charge in [0.05, 0.1) is 6.04 Å². The Balaban J connectivity index is 1.57. The standard InChI is InChI=1S/C33H36N2O3/c1-24-12-16-29(17-13-24)37-32-10-6-4-8-27(32)22-35(21-20-31(34)26(3)36)23-28-9-5-7-11-33(28)38-30-18-14-25(2)15-19-30/h4-19,31H,20-23,34H2,1-3H3/t31-/m0/s1. The van der Waals surface area contributed by atoms with Gasteiger partial charge in [0.15, 0.2) is 0 Å². The number of nitrogens with two attached hydrogens (primary N) is 1. The first-order valence-electron chi connectivity index (χ1n) is 13.0. The number of ketones is 1. The lowest BCUT2D eigenvalue weighted by molar-refractivity contribution is -0.118. The Bertz CT molecular complexity index is 1240. The summed E-state index contributed by atoms with van der Waals surface area (Å²) in [6.45, 7) is 7.57. The van der Waals surface area contributed by atoms with Crippen molar-refractivity contribution in [3.8, 4) is 23.0 Å². The normalized spacial score (nSPS) is 11.8. The molecule has 0 fully saturated rings. The van der Waals surface area contributed by atoms with Gasteiger partial charge in [-0.2, -0.15) is 0 Å². The van der Waals surface area contributed by atoms with E-state index in [0.29, 0.717) is 26.1 Å². The van der Waals surface area contributed by atoms with Crippen LogP contribution in [0.25, 0.3) is 0 Å². The number of nitrogens with zero attached hydrogens (tertiary/aromatic N) is 1. The number of carbonyl (C=O) groups excluding carboxylic acids is 1. The fraction of sp³-hybridized carbons (Fsp3) is 0.242. The van der Waals surface area contributed by atoms with Crippen molar-refractivity contribution in [1.82, 2.24) is 4.90 Å². The van der Waals surface area contributed by atoms with Gasteiger partial charge in [0, 0.05) is 30.8 Å². The van der Waals surface area contributed by atoms with E-state index in [1.54, 1.807) is 6.92 Å². The molecular weight excluding hydrogens is 472 g/mol. The lowest BCUT2D eigenvalue weighted by Crippen LogP contribution is -2.34. The first-order valence-corrected chi connectivity index (χ1v) is 13.0. The summed E-state index contributed by atoms with van der Waals surface area (Å²) in [5, 5.41) is 0. The first kappa shape index (κ1) is 27.1. The van der Waals surface area contributed by atoms with Crippen molar-refractivity contribution in [3.05, 3.63) is 119 Å². The van der Waals surface area contributed by atoms with Gasteiger partial charge in [-0.05, 0) is 63.6 Å². The maximum Gasteiger partial charge on any atom is 0.146 e. The molecule has 0 spiro atoms. The zero-order valence-electron chi connectivity index (χ0n) is 22.4. The highest BCUT2D eigenvalue weighted by atomic mass is 16.5. The number of aryl methyl sites for hydroxylation is 2. The highest BCUT2D eigenvalue weighted by Crippen LogP contribution is 2.30. The lowest BCUT2D eigenvalue weighted by atomic mass is 10.1. The molecule has 5 heteroatoms. The smallest absolute Gasteiger partial charge is 0.146 e. The minimum atomic E-state index is -0.490. The van der Waals surface area contributed by atoms with Crippen LogP contribution < -0.4 is 15.2 Å². The zero-order chi connectivity index (χ0) is 26.9. The second kappa shape index (κ2) is 13.0. The number of ether oxygens (including phenoxy) is 2. The number of carbonyl (C=O) groups is 1. The van der Waals surface area contributed by atoms with Crippen molar-refractivity contribution in [2.75, 3.05) is 6.54 Å². The highest BCUT2D eigenvalue weighted by Gasteiger charge is 2.17. The summed E-state index contributed by atoms with van der Waals surface area (Å²) in [4.78, 5) is 14.1. The molecule has 0 saturated heterocycles. The van der Waals surface area contributed by atoms with Crippen LogP contribution in [0.4, 0.5) is 0 Å². The van der Waals surface area contributed by atoms with E-state index in [1.807, 2.05) is 84.9 Å². The topological polar surface area (TPSA) is 64.8 Å². The van der Waals surface area contributed by atoms with Gasteiger partial charge < -0.3 is 15.2 Å². The first-order chi connectivity index (χ1) is 18.4. The average Bonchev–Trinajstić information content (AvgIpc) is 2.91. The van der Waals surface area contributed by atoms with Crippen LogP contribution >= 0.6 is 0 Å². The van der Waals surface area contributed by atoms with E-state index in [-0.39, 0.29) is 5.78 Å². The molecule has 4 aromatic carbocycles. The maximum atomic E-state index is 11.9. The number of rotatable bonds is 12. The largest absolute Gasteiger partial charge is 0.457 e. The summed E-state index contributed by atoms with van der Waals surface area (Å²) in [5.74, 6) is 3.20. The summed E-state index contributed by atoms with van der Waals surface area (Å²) < 4.78 is 12.5. The number of hydrogen-bond acceptors (Lipinski definition) is 5. The van der Waals surface area contributed by atoms with Crippen LogP contribution in [-0.2, 0) is 17.9 Å². The number of para-hydroxylation sites is 2. The summed E-state index contributed by atoms with van der Waals surface area (Å²) in [5.41, 5.74) is 10.6. The molecule has 0 bridgehead atoms. The SMILES string of the molecule is CC(=O)[C@@H](N)CCN(Cc1ccccc1Oc1ccc(C)cc1)Cc1ccccc1Oc1ccc(C)cc1. The molecule has 0 aliphatic heterocycles. The van der Waals surface area contributed by atoms with Gasteiger partial charge in [-0.25, -0.2) is 0 Å². The van der Waals surface area contributed by atoms with E-state index in [1.165, 1.54) is 11.1 Å². The zero-order valence-corrected chi connectivity index (χ0v) is 22.4. The van der Waals surface area contributed by atoms with Gasteiger partial charge in [-0.1, -0.05) is 71.8 Å². The molecular formula is C33H36N2O3. The summed E-state index contributed by atoms with van der Waals surface area (Å²) >= 11 is 0. The molecule has 0 heterocycles. The molecule has 2 N–H and O–H groups in total. The monoisotopic (exact) mass is 508 g/mol. The number of benzene rings is 4. The maximum absolute atomic E-state index is 11.9. The molecule has 0 unspecified atom stereocenters. The van der Waals surface area contributed by atoms with Crippen LogP contribution in [0.2, 0.25) is 0 Å². The van der Waals surface area contributed by atoms with Gasteiger partial charge in [0.1, 0.15) is 28.8 Å². The summed E-state index contributed by atoms with van der Waals surface area (Å²) in [7, 11) is 0. The van der Waals surface area contributed by atoms with Crippen molar-refractivity contribution < 1.29 is 14.3 Å². The van der Waals surface area contributed by atoms with E-state index in [0.717, 1.165) is 34.1 Å².